The minimum Gasteiger partial charge on any atom is -0.369 e. The van der Waals surface area contributed by atoms with Crippen LogP contribution < -0.4 is 5.32 Å². The van der Waals surface area contributed by atoms with Crippen molar-refractivity contribution in [1.82, 2.24) is 9.97 Å². The molecular weight excluding hydrogens is 274 g/mol. The van der Waals surface area contributed by atoms with Crippen LogP contribution in [0.3, 0.4) is 0 Å². The maximum absolute atomic E-state index is 4.67. The van der Waals surface area contributed by atoms with Gasteiger partial charge in [0.05, 0.1) is 11.1 Å². The van der Waals surface area contributed by atoms with Crippen molar-refractivity contribution in [2.24, 2.45) is 5.92 Å². The number of thioether (sulfide) groups is 1. The molecular formula is C14H21N3S2. The van der Waals surface area contributed by atoms with Gasteiger partial charge in [0, 0.05) is 6.54 Å². The predicted octanol–water partition coefficient (Wildman–Crippen LogP) is 4.40. The Bertz CT molecular complexity index is 522. The summed E-state index contributed by atoms with van der Waals surface area (Å²) in [6.07, 6.45) is 1.10. The number of nitrogens with one attached hydrogen (secondary N) is 1. The number of fused-ring (bicyclic) bond motifs is 1. The first kappa shape index (κ1) is 14.6. The molecule has 0 amide bonds. The van der Waals surface area contributed by atoms with E-state index in [1.807, 2.05) is 11.8 Å². The minimum atomic E-state index is 0.716. The molecule has 2 aromatic heterocycles. The van der Waals surface area contributed by atoms with E-state index in [4.69, 9.17) is 0 Å². The van der Waals surface area contributed by atoms with Gasteiger partial charge in [-0.1, -0.05) is 20.8 Å². The highest BCUT2D eigenvalue weighted by Crippen LogP contribution is 2.26. The van der Waals surface area contributed by atoms with Crippen LogP contribution in [0.25, 0.3) is 10.2 Å². The zero-order valence-electron chi connectivity index (χ0n) is 11.8. The Balaban J connectivity index is 2.14. The molecule has 3 nitrogen and oxygen atoms in total. The van der Waals surface area contributed by atoms with Crippen molar-refractivity contribution in [3.63, 3.8) is 0 Å². The van der Waals surface area contributed by atoms with E-state index in [-0.39, 0.29) is 0 Å². The summed E-state index contributed by atoms with van der Waals surface area (Å²) < 4.78 is 0. The van der Waals surface area contributed by atoms with Crippen molar-refractivity contribution in [3.05, 3.63) is 17.3 Å². The molecule has 0 spiro atoms. The first-order chi connectivity index (χ1) is 9.20. The van der Waals surface area contributed by atoms with E-state index < -0.39 is 0 Å². The Hall–Kier alpha value is -0.810. The van der Waals surface area contributed by atoms with Gasteiger partial charge in [-0.25, -0.2) is 9.97 Å². The number of hydrogen-bond acceptors (Lipinski definition) is 5. The van der Waals surface area contributed by atoms with E-state index in [0.717, 1.165) is 46.3 Å². The molecule has 0 saturated carbocycles. The molecule has 5 heteroatoms. The van der Waals surface area contributed by atoms with Crippen LogP contribution in [0.1, 0.15) is 33.0 Å². The van der Waals surface area contributed by atoms with Gasteiger partial charge in [0.15, 0.2) is 0 Å². The van der Waals surface area contributed by atoms with Crippen LogP contribution in [-0.4, -0.2) is 22.3 Å². The van der Waals surface area contributed by atoms with E-state index in [1.165, 1.54) is 0 Å². The third-order valence-corrected chi connectivity index (χ3v) is 4.77. The smallest absolute Gasteiger partial charge is 0.142 e. The monoisotopic (exact) mass is 295 g/mol. The molecule has 0 aliphatic heterocycles. The summed E-state index contributed by atoms with van der Waals surface area (Å²) in [6.45, 7) is 7.61. The van der Waals surface area contributed by atoms with Crippen molar-refractivity contribution in [2.45, 2.75) is 32.9 Å². The normalized spacial score (nSPS) is 11.4. The number of hydrogen-bond donors (Lipinski definition) is 1. The van der Waals surface area contributed by atoms with E-state index in [9.17, 15) is 0 Å². The minimum absolute atomic E-state index is 0.716. The molecule has 0 aliphatic carbocycles. The predicted molar refractivity (Wildman–Crippen MR) is 87.2 cm³/mol. The van der Waals surface area contributed by atoms with Crippen LogP contribution >= 0.6 is 23.1 Å². The number of rotatable bonds is 7. The van der Waals surface area contributed by atoms with Gasteiger partial charge < -0.3 is 5.32 Å². The zero-order chi connectivity index (χ0) is 13.7. The number of anilines is 1. The van der Waals surface area contributed by atoms with Crippen LogP contribution in [0.4, 0.5) is 5.82 Å². The molecule has 0 unspecified atom stereocenters. The number of aromatic nitrogens is 2. The molecule has 104 valence electrons. The van der Waals surface area contributed by atoms with Gasteiger partial charge in [0.25, 0.3) is 0 Å². The van der Waals surface area contributed by atoms with E-state index >= 15 is 0 Å². The van der Waals surface area contributed by atoms with Crippen LogP contribution in [0.2, 0.25) is 0 Å². The molecule has 0 aromatic carbocycles. The first-order valence-electron chi connectivity index (χ1n) is 6.76. The fourth-order valence-electron chi connectivity index (χ4n) is 1.73. The van der Waals surface area contributed by atoms with Gasteiger partial charge in [-0.05, 0) is 29.5 Å². The zero-order valence-corrected chi connectivity index (χ0v) is 13.4. The Morgan fingerprint density at radius 2 is 2.21 bits per heavy atom. The third-order valence-electron chi connectivity index (χ3n) is 2.60. The molecule has 0 radical (unpaired) electrons. The summed E-state index contributed by atoms with van der Waals surface area (Å²) in [5.74, 6) is 4.71. The SMILES string of the molecule is CCCNc1nc(CSCC(C)C)nc2sccc12. The molecule has 0 fully saturated rings. The molecule has 19 heavy (non-hydrogen) atoms. The second-order valence-corrected chi connectivity index (χ2v) is 6.89. The first-order valence-corrected chi connectivity index (χ1v) is 8.80. The Morgan fingerprint density at radius 3 is 2.95 bits per heavy atom. The standard InChI is InChI=1S/C14H21N3S2/c1-4-6-15-13-11-5-7-19-14(11)17-12(16-13)9-18-8-10(2)3/h5,7,10H,4,6,8-9H2,1-3H3,(H,15,16,17). The molecule has 1 N–H and O–H groups in total. The fourth-order valence-corrected chi connectivity index (χ4v) is 3.41. The molecule has 0 atom stereocenters. The van der Waals surface area contributed by atoms with Crippen LogP contribution in [0.15, 0.2) is 11.4 Å². The molecule has 2 aromatic rings. The number of nitrogens with zero attached hydrogens (tertiary/aromatic N) is 2. The van der Waals surface area contributed by atoms with E-state index in [0.29, 0.717) is 5.92 Å². The highest BCUT2D eigenvalue weighted by Gasteiger charge is 2.08. The van der Waals surface area contributed by atoms with Crippen molar-refractivity contribution in [1.29, 1.82) is 0 Å². The van der Waals surface area contributed by atoms with Gasteiger partial charge in [-0.2, -0.15) is 11.8 Å². The maximum Gasteiger partial charge on any atom is 0.142 e. The van der Waals surface area contributed by atoms with Crippen molar-refractivity contribution in [3.8, 4) is 0 Å². The maximum atomic E-state index is 4.67. The van der Waals surface area contributed by atoms with Gasteiger partial charge in [0.2, 0.25) is 0 Å². The lowest BCUT2D eigenvalue weighted by atomic mass is 10.3. The molecule has 0 aliphatic rings. The molecule has 2 rings (SSSR count). The fraction of sp³-hybridized carbons (Fsp3) is 0.571. The molecule has 0 saturated heterocycles. The van der Waals surface area contributed by atoms with Crippen LogP contribution in [-0.2, 0) is 5.75 Å². The van der Waals surface area contributed by atoms with Crippen molar-refractivity contribution in [2.75, 3.05) is 17.6 Å². The summed E-state index contributed by atoms with van der Waals surface area (Å²) >= 11 is 3.60. The number of thiophene rings is 1. The van der Waals surface area contributed by atoms with Gasteiger partial charge >= 0.3 is 0 Å². The quantitative estimate of drug-likeness (QED) is 0.821. The second kappa shape index (κ2) is 7.10. The highest BCUT2D eigenvalue weighted by molar-refractivity contribution is 7.98. The largest absolute Gasteiger partial charge is 0.369 e. The van der Waals surface area contributed by atoms with Crippen LogP contribution in [0.5, 0.6) is 0 Å². The second-order valence-electron chi connectivity index (χ2n) is 4.96. The van der Waals surface area contributed by atoms with E-state index in [2.05, 4.69) is 47.5 Å². The van der Waals surface area contributed by atoms with E-state index in [1.54, 1.807) is 11.3 Å². The lowest BCUT2D eigenvalue weighted by Gasteiger charge is -2.08. The van der Waals surface area contributed by atoms with Gasteiger partial charge in [-0.3, -0.25) is 0 Å². The highest BCUT2D eigenvalue weighted by atomic mass is 32.2. The average molecular weight is 295 g/mol. The third kappa shape index (κ3) is 4.08. The Morgan fingerprint density at radius 1 is 1.37 bits per heavy atom. The lowest BCUT2D eigenvalue weighted by Crippen LogP contribution is -2.05. The van der Waals surface area contributed by atoms with Crippen molar-refractivity contribution >= 4 is 39.1 Å². The summed E-state index contributed by atoms with van der Waals surface area (Å²) in [7, 11) is 0. The Labute approximate surface area is 123 Å². The lowest BCUT2D eigenvalue weighted by molar-refractivity contribution is 0.750. The van der Waals surface area contributed by atoms with Gasteiger partial charge in [0.1, 0.15) is 16.5 Å². The molecule has 2 heterocycles. The summed E-state index contributed by atoms with van der Waals surface area (Å²) in [5.41, 5.74) is 0. The summed E-state index contributed by atoms with van der Waals surface area (Å²) in [6, 6.07) is 2.10. The summed E-state index contributed by atoms with van der Waals surface area (Å²) in [5, 5.41) is 6.64. The van der Waals surface area contributed by atoms with Crippen molar-refractivity contribution < 1.29 is 0 Å². The van der Waals surface area contributed by atoms with Gasteiger partial charge in [-0.15, -0.1) is 11.3 Å². The topological polar surface area (TPSA) is 37.8 Å². The molecule has 0 bridgehead atoms. The average Bonchev–Trinajstić information content (AvgIpc) is 2.83. The summed E-state index contributed by atoms with van der Waals surface area (Å²) in [4.78, 5) is 10.4. The van der Waals surface area contributed by atoms with Crippen LogP contribution in [0, 0.1) is 5.92 Å². The Kier molecular flexibility index (Phi) is 5.45.